The minimum atomic E-state index is -0.323. The topological polar surface area (TPSA) is 83.8 Å². The number of aromatic amines is 1. The summed E-state index contributed by atoms with van der Waals surface area (Å²) in [5.41, 5.74) is 9.14. The normalized spacial score (nSPS) is 14.3. The highest BCUT2D eigenvalue weighted by Crippen LogP contribution is 2.42. The van der Waals surface area contributed by atoms with E-state index in [-0.39, 0.29) is 11.6 Å². The maximum atomic E-state index is 12.2. The van der Waals surface area contributed by atoms with Crippen molar-refractivity contribution in [2.45, 2.75) is 25.7 Å². The zero-order chi connectivity index (χ0) is 14.3. The van der Waals surface area contributed by atoms with E-state index in [2.05, 4.69) is 15.5 Å². The van der Waals surface area contributed by atoms with Crippen LogP contribution in [0.25, 0.3) is 0 Å². The molecule has 6 heteroatoms. The van der Waals surface area contributed by atoms with Gasteiger partial charge in [0.1, 0.15) is 0 Å². The number of rotatable bonds is 3. The molecule has 1 amide bonds. The number of nitrogen functional groups attached to an aromatic ring is 1. The number of hydrogen-bond acceptors (Lipinski definition) is 3. The standard InChI is InChI=1S/C14H15ClN4O/c1-7-2-5-9(15)6-10(7)17-14(20)13-11(16)12(18-19-13)8-3-4-8/h2,5-6,8H,3-4,16H2,1H3,(H,17,20)(H,18,19). The van der Waals surface area contributed by atoms with Gasteiger partial charge < -0.3 is 11.1 Å². The molecule has 5 nitrogen and oxygen atoms in total. The van der Waals surface area contributed by atoms with Crippen molar-refractivity contribution in [3.8, 4) is 0 Å². The van der Waals surface area contributed by atoms with Gasteiger partial charge in [-0.3, -0.25) is 9.89 Å². The largest absolute Gasteiger partial charge is 0.395 e. The summed E-state index contributed by atoms with van der Waals surface area (Å²) in [6, 6.07) is 5.33. The summed E-state index contributed by atoms with van der Waals surface area (Å²) in [5, 5.41) is 10.3. The number of carbonyl (C=O) groups excluding carboxylic acids is 1. The van der Waals surface area contributed by atoms with Crippen LogP contribution in [-0.2, 0) is 0 Å². The Balaban J connectivity index is 1.84. The Morgan fingerprint density at radius 3 is 2.95 bits per heavy atom. The number of halogens is 1. The molecule has 0 unspecified atom stereocenters. The maximum Gasteiger partial charge on any atom is 0.278 e. The highest BCUT2D eigenvalue weighted by atomic mass is 35.5. The number of carbonyl (C=O) groups is 1. The van der Waals surface area contributed by atoms with Crippen molar-refractivity contribution in [2.75, 3.05) is 11.1 Å². The van der Waals surface area contributed by atoms with Gasteiger partial charge in [0.05, 0.1) is 11.4 Å². The molecule has 1 aliphatic carbocycles. The fourth-order valence-electron chi connectivity index (χ4n) is 2.13. The van der Waals surface area contributed by atoms with E-state index in [1.807, 2.05) is 13.0 Å². The van der Waals surface area contributed by atoms with Crippen LogP contribution in [0.15, 0.2) is 18.2 Å². The average Bonchev–Trinajstić information content (AvgIpc) is 3.17. The van der Waals surface area contributed by atoms with E-state index in [0.29, 0.717) is 22.3 Å². The van der Waals surface area contributed by atoms with Gasteiger partial charge in [0.25, 0.3) is 5.91 Å². The minimum absolute atomic E-state index is 0.242. The van der Waals surface area contributed by atoms with Crippen LogP contribution in [0.1, 0.15) is 40.5 Å². The number of amides is 1. The first-order valence-corrected chi connectivity index (χ1v) is 6.85. The molecule has 4 N–H and O–H groups in total. The molecule has 1 aromatic heterocycles. The van der Waals surface area contributed by atoms with Crippen LogP contribution in [0.2, 0.25) is 5.02 Å². The Kier molecular flexibility index (Phi) is 3.14. The number of nitrogens with one attached hydrogen (secondary N) is 2. The quantitative estimate of drug-likeness (QED) is 0.812. The first kappa shape index (κ1) is 13.0. The summed E-state index contributed by atoms with van der Waals surface area (Å²) in [6.07, 6.45) is 2.20. The van der Waals surface area contributed by atoms with Crippen LogP contribution in [0.3, 0.4) is 0 Å². The van der Waals surface area contributed by atoms with E-state index in [9.17, 15) is 4.79 Å². The van der Waals surface area contributed by atoms with Crippen molar-refractivity contribution in [3.63, 3.8) is 0 Å². The van der Waals surface area contributed by atoms with Crippen LogP contribution >= 0.6 is 11.6 Å². The van der Waals surface area contributed by atoms with E-state index in [1.54, 1.807) is 12.1 Å². The minimum Gasteiger partial charge on any atom is -0.395 e. The van der Waals surface area contributed by atoms with E-state index < -0.39 is 0 Å². The molecule has 1 aliphatic rings. The van der Waals surface area contributed by atoms with Gasteiger partial charge in [0, 0.05) is 16.6 Å². The second-order valence-electron chi connectivity index (χ2n) is 5.09. The van der Waals surface area contributed by atoms with E-state index >= 15 is 0 Å². The lowest BCUT2D eigenvalue weighted by Crippen LogP contribution is -2.15. The van der Waals surface area contributed by atoms with Crippen molar-refractivity contribution in [1.29, 1.82) is 0 Å². The van der Waals surface area contributed by atoms with Crippen LogP contribution in [-0.4, -0.2) is 16.1 Å². The Bertz CT molecular complexity index is 676. The number of anilines is 2. The van der Waals surface area contributed by atoms with E-state index in [4.69, 9.17) is 17.3 Å². The average molecular weight is 291 g/mol. The zero-order valence-electron chi connectivity index (χ0n) is 11.0. The second kappa shape index (κ2) is 4.83. The molecule has 20 heavy (non-hydrogen) atoms. The molecule has 0 radical (unpaired) electrons. The zero-order valence-corrected chi connectivity index (χ0v) is 11.8. The number of hydrogen-bond donors (Lipinski definition) is 3. The highest BCUT2D eigenvalue weighted by Gasteiger charge is 2.30. The molecule has 0 saturated heterocycles. The molecule has 0 spiro atoms. The molecule has 0 bridgehead atoms. The molecule has 1 fully saturated rings. The number of aromatic nitrogens is 2. The van der Waals surface area contributed by atoms with Gasteiger partial charge in [-0.1, -0.05) is 17.7 Å². The van der Waals surface area contributed by atoms with Crippen LogP contribution in [0.5, 0.6) is 0 Å². The predicted molar refractivity (Wildman–Crippen MR) is 79.1 cm³/mol. The summed E-state index contributed by atoms with van der Waals surface area (Å²) in [4.78, 5) is 12.2. The molecule has 2 aromatic rings. The van der Waals surface area contributed by atoms with Crippen molar-refractivity contribution in [1.82, 2.24) is 10.2 Å². The second-order valence-corrected chi connectivity index (χ2v) is 5.52. The SMILES string of the molecule is Cc1ccc(Cl)cc1NC(=O)c1n[nH]c(C2CC2)c1N. The van der Waals surface area contributed by atoms with Crippen LogP contribution in [0.4, 0.5) is 11.4 Å². The fraction of sp³-hybridized carbons (Fsp3) is 0.286. The van der Waals surface area contributed by atoms with Gasteiger partial charge in [-0.2, -0.15) is 5.10 Å². The fourth-order valence-corrected chi connectivity index (χ4v) is 2.30. The molecule has 1 heterocycles. The van der Waals surface area contributed by atoms with Gasteiger partial charge >= 0.3 is 0 Å². The Morgan fingerprint density at radius 2 is 2.25 bits per heavy atom. The van der Waals surface area contributed by atoms with Gasteiger partial charge in [-0.25, -0.2) is 0 Å². The lowest BCUT2D eigenvalue weighted by Gasteiger charge is -2.07. The summed E-state index contributed by atoms with van der Waals surface area (Å²) in [5.74, 6) is 0.105. The first-order valence-electron chi connectivity index (χ1n) is 6.47. The third-order valence-corrected chi connectivity index (χ3v) is 3.72. The number of benzene rings is 1. The smallest absolute Gasteiger partial charge is 0.278 e. The van der Waals surface area contributed by atoms with Crippen molar-refractivity contribution < 1.29 is 4.79 Å². The van der Waals surface area contributed by atoms with Crippen molar-refractivity contribution >= 4 is 28.9 Å². The van der Waals surface area contributed by atoms with Crippen LogP contribution < -0.4 is 11.1 Å². The summed E-state index contributed by atoms with van der Waals surface area (Å²) in [7, 11) is 0. The summed E-state index contributed by atoms with van der Waals surface area (Å²) in [6.45, 7) is 1.90. The molecular weight excluding hydrogens is 276 g/mol. The monoisotopic (exact) mass is 290 g/mol. The van der Waals surface area contributed by atoms with Gasteiger partial charge in [0.15, 0.2) is 5.69 Å². The molecule has 0 aliphatic heterocycles. The third kappa shape index (κ3) is 2.36. The molecular formula is C14H15ClN4O. The van der Waals surface area contributed by atoms with Crippen molar-refractivity contribution in [3.05, 3.63) is 40.2 Å². The molecule has 104 valence electrons. The Morgan fingerprint density at radius 1 is 1.50 bits per heavy atom. The third-order valence-electron chi connectivity index (χ3n) is 3.48. The van der Waals surface area contributed by atoms with Crippen molar-refractivity contribution in [2.24, 2.45) is 0 Å². The lowest BCUT2D eigenvalue weighted by atomic mass is 10.2. The summed E-state index contributed by atoms with van der Waals surface area (Å²) < 4.78 is 0. The molecule has 3 rings (SSSR count). The number of aryl methyl sites for hydroxylation is 1. The number of nitrogens with zero attached hydrogens (tertiary/aromatic N) is 1. The van der Waals surface area contributed by atoms with Gasteiger partial charge in [0.2, 0.25) is 0 Å². The van der Waals surface area contributed by atoms with Gasteiger partial charge in [-0.05, 0) is 37.5 Å². The summed E-state index contributed by atoms with van der Waals surface area (Å²) >= 11 is 5.93. The Hall–Kier alpha value is -2.01. The van der Waals surface area contributed by atoms with Crippen LogP contribution in [0, 0.1) is 6.92 Å². The van der Waals surface area contributed by atoms with E-state index in [1.165, 1.54) is 0 Å². The highest BCUT2D eigenvalue weighted by molar-refractivity contribution is 6.31. The lowest BCUT2D eigenvalue weighted by molar-refractivity contribution is 0.102. The molecule has 1 saturated carbocycles. The predicted octanol–water partition coefficient (Wildman–Crippen LogP) is 3.08. The van der Waals surface area contributed by atoms with E-state index in [0.717, 1.165) is 24.1 Å². The number of H-pyrrole nitrogens is 1. The molecule has 1 aromatic carbocycles. The number of nitrogens with two attached hydrogens (primary N) is 1. The first-order chi connectivity index (χ1) is 9.56. The molecule has 0 atom stereocenters. The van der Waals surface area contributed by atoms with Gasteiger partial charge in [-0.15, -0.1) is 0 Å². The Labute approximate surface area is 121 Å². The maximum absolute atomic E-state index is 12.2.